The minimum atomic E-state index is -0.361. The summed E-state index contributed by atoms with van der Waals surface area (Å²) in [6.07, 6.45) is 10.8. The largest absolute Gasteiger partial charge is 0.353 e. The molecule has 22 heavy (non-hydrogen) atoms. The van der Waals surface area contributed by atoms with Crippen LogP contribution in [-0.4, -0.2) is 42.5 Å². The van der Waals surface area contributed by atoms with Crippen LogP contribution in [-0.2, 0) is 4.79 Å². The number of hydrogen-bond acceptors (Lipinski definition) is 3. The molecule has 1 aliphatic carbocycles. The third-order valence-corrected chi connectivity index (χ3v) is 6.18. The summed E-state index contributed by atoms with van der Waals surface area (Å²) in [6.45, 7) is 6.88. The van der Waals surface area contributed by atoms with Crippen molar-refractivity contribution in [3.05, 3.63) is 0 Å². The minimum absolute atomic E-state index is 0.177. The molecule has 3 N–H and O–H groups in total. The smallest absolute Gasteiger partial charge is 0.227 e. The Morgan fingerprint density at radius 1 is 1.09 bits per heavy atom. The summed E-state index contributed by atoms with van der Waals surface area (Å²) in [6, 6.07) is 1.15. The molecule has 0 radical (unpaired) electrons. The Labute approximate surface area is 136 Å². The molecule has 1 amide bonds. The van der Waals surface area contributed by atoms with Gasteiger partial charge >= 0.3 is 0 Å². The first-order valence-corrected chi connectivity index (χ1v) is 9.40. The van der Waals surface area contributed by atoms with Gasteiger partial charge in [0.15, 0.2) is 0 Å². The van der Waals surface area contributed by atoms with Crippen LogP contribution in [0.3, 0.4) is 0 Å². The molecule has 2 aliphatic rings. The van der Waals surface area contributed by atoms with Crippen LogP contribution in [0.4, 0.5) is 0 Å². The summed E-state index contributed by atoms with van der Waals surface area (Å²) in [5, 5.41) is 3.29. The Morgan fingerprint density at radius 2 is 1.68 bits per heavy atom. The molecule has 0 aromatic rings. The van der Waals surface area contributed by atoms with E-state index in [1.165, 1.54) is 32.1 Å². The van der Waals surface area contributed by atoms with Crippen LogP contribution in [0.15, 0.2) is 0 Å². The Balaban J connectivity index is 1.80. The van der Waals surface area contributed by atoms with E-state index < -0.39 is 0 Å². The van der Waals surface area contributed by atoms with Crippen molar-refractivity contribution in [1.82, 2.24) is 10.2 Å². The van der Waals surface area contributed by atoms with E-state index in [9.17, 15) is 4.79 Å². The maximum Gasteiger partial charge on any atom is 0.227 e. The lowest BCUT2D eigenvalue weighted by atomic mass is 9.81. The number of carbonyl (C=O) groups excluding carboxylic acids is 1. The van der Waals surface area contributed by atoms with Crippen LogP contribution in [0.25, 0.3) is 0 Å². The third kappa shape index (κ3) is 4.02. The maximum atomic E-state index is 12.6. The van der Waals surface area contributed by atoms with Crippen molar-refractivity contribution in [2.75, 3.05) is 19.6 Å². The van der Waals surface area contributed by atoms with Gasteiger partial charge in [-0.15, -0.1) is 0 Å². The molecule has 0 aromatic heterocycles. The average Bonchev–Trinajstić information content (AvgIpc) is 2.58. The van der Waals surface area contributed by atoms with E-state index in [0.717, 1.165) is 44.8 Å². The zero-order valence-electron chi connectivity index (χ0n) is 14.6. The monoisotopic (exact) mass is 309 g/mol. The van der Waals surface area contributed by atoms with Crippen LogP contribution in [0.5, 0.6) is 0 Å². The van der Waals surface area contributed by atoms with Crippen LogP contribution in [0.1, 0.15) is 71.6 Å². The fourth-order valence-electron chi connectivity index (χ4n) is 4.15. The Hall–Kier alpha value is -0.610. The van der Waals surface area contributed by atoms with Gasteiger partial charge in [-0.1, -0.05) is 33.1 Å². The summed E-state index contributed by atoms with van der Waals surface area (Å²) in [5.41, 5.74) is 5.52. The Kier molecular flexibility index (Phi) is 6.69. The van der Waals surface area contributed by atoms with E-state index in [4.69, 9.17) is 5.73 Å². The first kappa shape index (κ1) is 17.7. The number of rotatable bonds is 6. The molecule has 0 unspecified atom stereocenters. The SMILES string of the molecule is CCC(CC)(CN)C(=O)NC1CCN(C2CCCCC2)CC1. The molecule has 1 saturated heterocycles. The Morgan fingerprint density at radius 3 is 2.18 bits per heavy atom. The predicted molar refractivity (Wildman–Crippen MR) is 91.7 cm³/mol. The van der Waals surface area contributed by atoms with Crippen molar-refractivity contribution in [3.8, 4) is 0 Å². The lowest BCUT2D eigenvalue weighted by Crippen LogP contribution is -2.53. The molecule has 2 rings (SSSR count). The molecule has 1 aliphatic heterocycles. The second-order valence-electron chi connectivity index (χ2n) is 7.27. The van der Waals surface area contributed by atoms with Gasteiger partial charge in [0.25, 0.3) is 0 Å². The van der Waals surface area contributed by atoms with E-state index >= 15 is 0 Å². The number of carbonyl (C=O) groups is 1. The normalized spacial score (nSPS) is 22.7. The molecule has 0 bridgehead atoms. The molecular weight excluding hydrogens is 274 g/mol. The van der Waals surface area contributed by atoms with E-state index in [2.05, 4.69) is 24.1 Å². The molecule has 1 heterocycles. The fourth-order valence-corrected chi connectivity index (χ4v) is 4.15. The highest BCUT2D eigenvalue weighted by Gasteiger charge is 2.35. The van der Waals surface area contributed by atoms with Crippen LogP contribution in [0.2, 0.25) is 0 Å². The minimum Gasteiger partial charge on any atom is -0.353 e. The van der Waals surface area contributed by atoms with Gasteiger partial charge in [-0.3, -0.25) is 4.79 Å². The summed E-state index contributed by atoms with van der Waals surface area (Å²) < 4.78 is 0. The number of nitrogens with two attached hydrogens (primary N) is 1. The predicted octanol–water partition coefficient (Wildman–Crippen LogP) is 2.66. The lowest BCUT2D eigenvalue weighted by Gasteiger charge is -2.40. The van der Waals surface area contributed by atoms with Gasteiger partial charge in [-0.05, 0) is 38.5 Å². The topological polar surface area (TPSA) is 58.4 Å². The molecule has 0 atom stereocenters. The van der Waals surface area contributed by atoms with Crippen molar-refractivity contribution in [2.45, 2.75) is 83.7 Å². The quantitative estimate of drug-likeness (QED) is 0.793. The van der Waals surface area contributed by atoms with Gasteiger partial charge in [0.05, 0.1) is 5.41 Å². The molecule has 0 spiro atoms. The van der Waals surface area contributed by atoms with Gasteiger partial charge < -0.3 is 16.0 Å². The standard InChI is InChI=1S/C18H35N3O/c1-3-18(4-2,14-19)17(22)20-15-10-12-21(13-11-15)16-8-6-5-7-9-16/h15-16H,3-14,19H2,1-2H3,(H,20,22). The first-order chi connectivity index (χ1) is 10.6. The van der Waals surface area contributed by atoms with Crippen molar-refractivity contribution in [2.24, 2.45) is 11.1 Å². The zero-order valence-corrected chi connectivity index (χ0v) is 14.6. The molecule has 4 nitrogen and oxygen atoms in total. The summed E-state index contributed by atoms with van der Waals surface area (Å²) in [7, 11) is 0. The second kappa shape index (κ2) is 8.30. The van der Waals surface area contributed by atoms with E-state index in [0.29, 0.717) is 12.6 Å². The highest BCUT2D eigenvalue weighted by molar-refractivity contribution is 5.83. The zero-order chi connectivity index (χ0) is 16.0. The number of hydrogen-bond donors (Lipinski definition) is 2. The molecular formula is C18H35N3O. The highest BCUT2D eigenvalue weighted by Crippen LogP contribution is 2.27. The number of amides is 1. The summed E-state index contributed by atoms with van der Waals surface area (Å²) >= 11 is 0. The molecule has 128 valence electrons. The average molecular weight is 309 g/mol. The maximum absolute atomic E-state index is 12.6. The molecule has 1 saturated carbocycles. The number of nitrogens with one attached hydrogen (secondary N) is 1. The highest BCUT2D eigenvalue weighted by atomic mass is 16.2. The van der Waals surface area contributed by atoms with Gasteiger partial charge in [0.2, 0.25) is 5.91 Å². The lowest BCUT2D eigenvalue weighted by molar-refractivity contribution is -0.132. The van der Waals surface area contributed by atoms with Gasteiger partial charge in [0, 0.05) is 31.7 Å². The third-order valence-electron chi connectivity index (χ3n) is 6.18. The van der Waals surface area contributed by atoms with Crippen LogP contribution < -0.4 is 11.1 Å². The Bertz CT molecular complexity index is 332. The van der Waals surface area contributed by atoms with Crippen LogP contribution in [0, 0.1) is 5.41 Å². The first-order valence-electron chi connectivity index (χ1n) is 9.40. The number of nitrogens with zero attached hydrogens (tertiary/aromatic N) is 1. The van der Waals surface area contributed by atoms with E-state index in [-0.39, 0.29) is 11.3 Å². The van der Waals surface area contributed by atoms with Gasteiger partial charge in [-0.2, -0.15) is 0 Å². The summed E-state index contributed by atoms with van der Waals surface area (Å²) in [4.78, 5) is 15.3. The van der Waals surface area contributed by atoms with Gasteiger partial charge in [0.1, 0.15) is 0 Å². The number of piperidine rings is 1. The van der Waals surface area contributed by atoms with Gasteiger partial charge in [-0.25, -0.2) is 0 Å². The van der Waals surface area contributed by atoms with Crippen molar-refractivity contribution in [3.63, 3.8) is 0 Å². The second-order valence-corrected chi connectivity index (χ2v) is 7.27. The van der Waals surface area contributed by atoms with E-state index in [1.54, 1.807) is 0 Å². The van der Waals surface area contributed by atoms with E-state index in [1.807, 2.05) is 0 Å². The molecule has 4 heteroatoms. The molecule has 0 aromatic carbocycles. The van der Waals surface area contributed by atoms with Crippen LogP contribution >= 0.6 is 0 Å². The summed E-state index contributed by atoms with van der Waals surface area (Å²) in [5.74, 6) is 0.177. The van der Waals surface area contributed by atoms with Crippen molar-refractivity contribution < 1.29 is 4.79 Å². The fraction of sp³-hybridized carbons (Fsp3) is 0.944. The number of likely N-dealkylation sites (tertiary alicyclic amines) is 1. The molecule has 2 fully saturated rings. The van der Waals surface area contributed by atoms with Crippen molar-refractivity contribution in [1.29, 1.82) is 0 Å². The van der Waals surface area contributed by atoms with Crippen molar-refractivity contribution >= 4 is 5.91 Å².